The number of sulfonamides is 1. The first kappa shape index (κ1) is 16.3. The predicted molar refractivity (Wildman–Crippen MR) is 79.7 cm³/mol. The molecule has 0 unspecified atom stereocenters. The molecule has 1 aliphatic rings. The van der Waals surface area contributed by atoms with Crippen LogP contribution in [0.25, 0.3) is 0 Å². The molecular weight excluding hydrogens is 314 g/mol. The monoisotopic (exact) mass is 331 g/mol. The van der Waals surface area contributed by atoms with Crippen molar-refractivity contribution in [3.63, 3.8) is 0 Å². The number of rotatable bonds is 3. The van der Waals surface area contributed by atoms with Crippen molar-refractivity contribution in [2.75, 3.05) is 13.7 Å². The highest BCUT2D eigenvalue weighted by Crippen LogP contribution is 2.29. The molecule has 0 saturated carbocycles. The van der Waals surface area contributed by atoms with Crippen LogP contribution >= 0.6 is 11.6 Å². The summed E-state index contributed by atoms with van der Waals surface area (Å²) in [4.78, 5) is 12.0. The third kappa shape index (κ3) is 3.22. The van der Waals surface area contributed by atoms with Gasteiger partial charge in [-0.1, -0.05) is 17.7 Å². The smallest absolute Gasteiger partial charge is 0.324 e. The second-order valence-corrected chi connectivity index (χ2v) is 7.36. The van der Waals surface area contributed by atoms with Gasteiger partial charge in [0.2, 0.25) is 10.0 Å². The molecule has 0 amide bonds. The van der Waals surface area contributed by atoms with Gasteiger partial charge in [-0.25, -0.2) is 8.42 Å². The lowest BCUT2D eigenvalue weighted by atomic mass is 10.1. The van der Waals surface area contributed by atoms with Crippen LogP contribution in [0.1, 0.15) is 24.8 Å². The highest BCUT2D eigenvalue weighted by atomic mass is 35.5. The first-order valence-electron chi connectivity index (χ1n) is 6.73. The average Bonchev–Trinajstić information content (AvgIpc) is 2.48. The largest absolute Gasteiger partial charge is 0.468 e. The third-order valence-corrected chi connectivity index (χ3v) is 5.95. The molecule has 116 valence electrons. The van der Waals surface area contributed by atoms with Crippen LogP contribution in [0.3, 0.4) is 0 Å². The molecule has 1 atom stereocenters. The first-order valence-corrected chi connectivity index (χ1v) is 8.55. The fourth-order valence-corrected chi connectivity index (χ4v) is 4.68. The molecule has 1 heterocycles. The molecule has 0 aliphatic carbocycles. The highest BCUT2D eigenvalue weighted by Gasteiger charge is 2.38. The first-order chi connectivity index (χ1) is 9.87. The molecule has 0 bridgehead atoms. The van der Waals surface area contributed by atoms with Crippen molar-refractivity contribution in [1.82, 2.24) is 4.31 Å². The van der Waals surface area contributed by atoms with Gasteiger partial charge in [-0.15, -0.1) is 0 Å². The van der Waals surface area contributed by atoms with Gasteiger partial charge in [-0.05, 0) is 43.9 Å². The van der Waals surface area contributed by atoms with Crippen molar-refractivity contribution < 1.29 is 17.9 Å². The summed E-state index contributed by atoms with van der Waals surface area (Å²) in [5.74, 6) is -0.516. The molecule has 1 aliphatic heterocycles. The minimum absolute atomic E-state index is 0.144. The van der Waals surface area contributed by atoms with E-state index in [2.05, 4.69) is 0 Å². The minimum Gasteiger partial charge on any atom is -0.468 e. The molecule has 1 aromatic carbocycles. The number of nitrogens with zero attached hydrogens (tertiary/aromatic N) is 1. The Morgan fingerprint density at radius 2 is 2.10 bits per heavy atom. The lowest BCUT2D eigenvalue weighted by molar-refractivity contribution is -0.146. The quantitative estimate of drug-likeness (QED) is 0.798. The zero-order valence-electron chi connectivity index (χ0n) is 12.0. The number of benzene rings is 1. The molecule has 0 N–H and O–H groups in total. The van der Waals surface area contributed by atoms with Crippen molar-refractivity contribution in [2.24, 2.45) is 0 Å². The van der Waals surface area contributed by atoms with E-state index < -0.39 is 22.0 Å². The Balaban J connectivity index is 2.45. The summed E-state index contributed by atoms with van der Waals surface area (Å²) < 4.78 is 31.7. The third-order valence-electron chi connectivity index (χ3n) is 3.66. The molecule has 5 nitrogen and oxygen atoms in total. The van der Waals surface area contributed by atoms with Gasteiger partial charge in [0.25, 0.3) is 0 Å². The fourth-order valence-electron chi connectivity index (χ4n) is 2.54. The molecule has 1 aromatic rings. The van der Waals surface area contributed by atoms with Crippen LogP contribution in [0.15, 0.2) is 23.1 Å². The van der Waals surface area contributed by atoms with E-state index in [1.165, 1.54) is 17.5 Å². The molecule has 21 heavy (non-hydrogen) atoms. The topological polar surface area (TPSA) is 63.7 Å². The number of esters is 1. The number of carbonyl (C=O) groups is 1. The van der Waals surface area contributed by atoms with Crippen molar-refractivity contribution in [2.45, 2.75) is 37.1 Å². The Hall–Kier alpha value is -1.11. The van der Waals surface area contributed by atoms with Crippen LogP contribution in [-0.2, 0) is 19.6 Å². The summed E-state index contributed by atoms with van der Waals surface area (Å²) in [6.07, 6.45) is 2.01. The molecule has 1 fully saturated rings. The van der Waals surface area contributed by atoms with E-state index in [4.69, 9.17) is 16.3 Å². The van der Waals surface area contributed by atoms with Gasteiger partial charge in [-0.3, -0.25) is 4.79 Å². The van der Waals surface area contributed by atoms with Gasteiger partial charge >= 0.3 is 5.97 Å². The van der Waals surface area contributed by atoms with Crippen molar-refractivity contribution >= 4 is 27.6 Å². The number of hydrogen-bond donors (Lipinski definition) is 0. The summed E-state index contributed by atoms with van der Waals surface area (Å²) in [6.45, 7) is 2.02. The summed E-state index contributed by atoms with van der Waals surface area (Å²) in [5.41, 5.74) is 0.605. The van der Waals surface area contributed by atoms with E-state index in [-0.39, 0.29) is 4.90 Å². The number of piperidine rings is 1. The second kappa shape index (κ2) is 6.34. The van der Waals surface area contributed by atoms with Gasteiger partial charge in [-0.2, -0.15) is 4.31 Å². The van der Waals surface area contributed by atoms with Gasteiger partial charge in [0.05, 0.1) is 12.0 Å². The van der Waals surface area contributed by atoms with Gasteiger partial charge in [0.1, 0.15) is 6.04 Å². The number of methoxy groups -OCH3 is 1. The summed E-state index contributed by atoms with van der Waals surface area (Å²) in [5, 5.41) is 0.353. The Kier molecular flexibility index (Phi) is 4.91. The van der Waals surface area contributed by atoms with E-state index in [0.29, 0.717) is 23.6 Å². The minimum atomic E-state index is -3.77. The maximum atomic E-state index is 12.9. The maximum Gasteiger partial charge on any atom is 0.324 e. The lowest BCUT2D eigenvalue weighted by Gasteiger charge is -2.33. The van der Waals surface area contributed by atoms with Gasteiger partial charge in [0, 0.05) is 11.6 Å². The number of halogens is 1. The molecule has 0 aromatic heterocycles. The van der Waals surface area contributed by atoms with Crippen LogP contribution in [0.2, 0.25) is 5.02 Å². The molecule has 2 rings (SSSR count). The van der Waals surface area contributed by atoms with Gasteiger partial charge in [0.15, 0.2) is 0 Å². The standard InChI is InChI=1S/C14H18ClNO4S/c1-10-6-7-11(15)9-13(10)21(18,19)16-8-4-3-5-12(16)14(17)20-2/h6-7,9,12H,3-5,8H2,1-2H3/t12-/m1/s1. The van der Waals surface area contributed by atoms with Crippen LogP contribution in [0.5, 0.6) is 0 Å². The predicted octanol–water partition coefficient (Wildman–Crippen LogP) is 2.36. The zero-order valence-corrected chi connectivity index (χ0v) is 13.6. The van der Waals surface area contributed by atoms with Crippen molar-refractivity contribution in [1.29, 1.82) is 0 Å². The summed E-state index contributed by atoms with van der Waals surface area (Å²) in [7, 11) is -2.50. The zero-order chi connectivity index (χ0) is 15.6. The number of carbonyl (C=O) groups excluding carboxylic acids is 1. The molecule has 0 radical (unpaired) electrons. The fraction of sp³-hybridized carbons (Fsp3) is 0.500. The van der Waals surface area contributed by atoms with E-state index >= 15 is 0 Å². The normalized spacial score (nSPS) is 20.2. The van der Waals surface area contributed by atoms with E-state index in [9.17, 15) is 13.2 Å². The second-order valence-electron chi connectivity index (χ2n) is 5.06. The highest BCUT2D eigenvalue weighted by molar-refractivity contribution is 7.89. The van der Waals surface area contributed by atoms with Crippen LogP contribution in [0.4, 0.5) is 0 Å². The summed E-state index contributed by atoms with van der Waals surface area (Å²) in [6, 6.07) is 3.97. The average molecular weight is 332 g/mol. The number of ether oxygens (including phenoxy) is 1. The molecular formula is C14H18ClNO4S. The molecule has 1 saturated heterocycles. The SMILES string of the molecule is COC(=O)[C@H]1CCCCN1S(=O)(=O)c1cc(Cl)ccc1C. The molecule has 7 heteroatoms. The summed E-state index contributed by atoms with van der Waals surface area (Å²) >= 11 is 5.91. The van der Waals surface area contributed by atoms with E-state index in [1.807, 2.05) is 0 Å². The Morgan fingerprint density at radius 1 is 1.38 bits per heavy atom. The van der Waals surface area contributed by atoms with Crippen LogP contribution in [-0.4, -0.2) is 38.4 Å². The van der Waals surface area contributed by atoms with Gasteiger partial charge < -0.3 is 4.74 Å². The van der Waals surface area contributed by atoms with Crippen LogP contribution in [0, 0.1) is 6.92 Å². The van der Waals surface area contributed by atoms with Crippen molar-refractivity contribution in [3.05, 3.63) is 28.8 Å². The van der Waals surface area contributed by atoms with E-state index in [1.54, 1.807) is 19.1 Å². The maximum absolute atomic E-state index is 12.9. The number of hydrogen-bond acceptors (Lipinski definition) is 4. The number of aryl methyl sites for hydroxylation is 1. The van der Waals surface area contributed by atoms with Crippen LogP contribution < -0.4 is 0 Å². The van der Waals surface area contributed by atoms with E-state index in [0.717, 1.165) is 12.8 Å². The Bertz CT molecular complexity index is 644. The Labute approximate surface area is 129 Å². The van der Waals surface area contributed by atoms with Crippen molar-refractivity contribution in [3.8, 4) is 0 Å². The Morgan fingerprint density at radius 3 is 2.76 bits per heavy atom. The molecule has 0 spiro atoms. The lowest BCUT2D eigenvalue weighted by Crippen LogP contribution is -2.48.